The fourth-order valence-electron chi connectivity index (χ4n) is 3.25. The molecule has 126 valence electrons. The summed E-state index contributed by atoms with van der Waals surface area (Å²) in [6.07, 6.45) is 1.69. The van der Waals surface area contributed by atoms with Crippen LogP contribution in [0.4, 0.5) is 0 Å². The molecule has 0 saturated carbocycles. The van der Waals surface area contributed by atoms with Crippen LogP contribution < -0.4 is 9.47 Å². The molecule has 3 heterocycles. The lowest BCUT2D eigenvalue weighted by atomic mass is 9.98. The number of nitrogens with zero attached hydrogens (tertiary/aromatic N) is 3. The second-order valence-corrected chi connectivity index (χ2v) is 6.04. The van der Waals surface area contributed by atoms with Crippen molar-refractivity contribution in [1.82, 2.24) is 14.8 Å². The molecule has 0 bridgehead atoms. The van der Waals surface area contributed by atoms with Gasteiger partial charge in [-0.2, -0.15) is 4.98 Å². The number of β-amino-alcohol motifs (C(OH)–C–C–N with tert-alkyl or cyclic N) is 1. The van der Waals surface area contributed by atoms with Crippen LogP contribution in [-0.4, -0.2) is 78.3 Å². The van der Waals surface area contributed by atoms with Crippen LogP contribution in [0, 0.1) is 0 Å². The highest BCUT2D eigenvalue weighted by molar-refractivity contribution is 5.96. The summed E-state index contributed by atoms with van der Waals surface area (Å²) >= 11 is 0. The van der Waals surface area contributed by atoms with Crippen molar-refractivity contribution in [2.75, 3.05) is 40.4 Å². The van der Waals surface area contributed by atoms with E-state index in [0.29, 0.717) is 36.5 Å². The first-order chi connectivity index (χ1) is 11.1. The molecule has 7 heteroatoms. The average molecular weight is 321 g/mol. The first-order valence-electron chi connectivity index (χ1n) is 7.92. The number of rotatable bonds is 4. The maximum absolute atomic E-state index is 12.7. The third kappa shape index (κ3) is 3.25. The van der Waals surface area contributed by atoms with Gasteiger partial charge in [-0.25, -0.2) is 0 Å². The average Bonchev–Trinajstić information content (AvgIpc) is 2.58. The number of hydrogen-bond donors (Lipinski definition) is 1. The Morgan fingerprint density at radius 1 is 1.22 bits per heavy atom. The van der Waals surface area contributed by atoms with Crippen LogP contribution >= 0.6 is 0 Å². The van der Waals surface area contributed by atoms with E-state index in [9.17, 15) is 9.90 Å². The predicted octanol–water partition coefficient (Wildman–Crippen LogP) is 0.380. The molecular formula is C16H23N3O4. The molecule has 0 spiro atoms. The van der Waals surface area contributed by atoms with Crippen LogP contribution in [0.5, 0.6) is 11.8 Å². The maximum atomic E-state index is 12.7. The number of likely N-dealkylation sites (tertiary alicyclic amines) is 2. The second kappa shape index (κ2) is 6.72. The van der Waals surface area contributed by atoms with Gasteiger partial charge in [0.15, 0.2) is 0 Å². The van der Waals surface area contributed by atoms with Crippen molar-refractivity contribution >= 4 is 5.91 Å². The Kier molecular flexibility index (Phi) is 4.68. The number of amides is 1. The number of aliphatic hydroxyl groups is 1. The summed E-state index contributed by atoms with van der Waals surface area (Å²) in [6.45, 7) is 2.94. The van der Waals surface area contributed by atoms with E-state index in [1.807, 2.05) is 4.90 Å². The standard InChI is InChI=1S/C16H23N3O4/c1-22-14-4-3-13(15(17-14)23-2)16(21)18-7-5-11(6-8-18)19-9-12(20)10-19/h3-4,11-12,20H,5-10H2,1-2H3. The third-order valence-electron chi connectivity index (χ3n) is 4.63. The Hall–Kier alpha value is -1.86. The molecule has 1 aromatic rings. The lowest BCUT2D eigenvalue weighted by Gasteiger charge is -2.45. The zero-order valence-corrected chi connectivity index (χ0v) is 13.6. The fourth-order valence-corrected chi connectivity index (χ4v) is 3.25. The zero-order valence-electron chi connectivity index (χ0n) is 13.6. The fraction of sp³-hybridized carbons (Fsp3) is 0.625. The Labute approximate surface area is 135 Å². The van der Waals surface area contributed by atoms with Crippen LogP contribution in [0.3, 0.4) is 0 Å². The summed E-state index contributed by atoms with van der Waals surface area (Å²) in [5.74, 6) is 0.662. The molecule has 7 nitrogen and oxygen atoms in total. The molecule has 23 heavy (non-hydrogen) atoms. The molecule has 2 aliphatic rings. The summed E-state index contributed by atoms with van der Waals surface area (Å²) in [6, 6.07) is 3.84. The number of pyridine rings is 1. The van der Waals surface area contributed by atoms with Gasteiger partial charge < -0.3 is 19.5 Å². The number of hydrogen-bond acceptors (Lipinski definition) is 6. The van der Waals surface area contributed by atoms with Crippen molar-refractivity contribution in [3.05, 3.63) is 17.7 Å². The highest BCUT2D eigenvalue weighted by atomic mass is 16.5. The lowest BCUT2D eigenvalue weighted by molar-refractivity contribution is -0.0381. The predicted molar refractivity (Wildman–Crippen MR) is 83.8 cm³/mol. The van der Waals surface area contributed by atoms with Crippen molar-refractivity contribution in [3.63, 3.8) is 0 Å². The van der Waals surface area contributed by atoms with Gasteiger partial charge >= 0.3 is 0 Å². The van der Waals surface area contributed by atoms with Crippen molar-refractivity contribution in [2.24, 2.45) is 0 Å². The first-order valence-corrected chi connectivity index (χ1v) is 7.92. The molecule has 1 N–H and O–H groups in total. The van der Waals surface area contributed by atoms with Gasteiger partial charge in [0.25, 0.3) is 5.91 Å². The summed E-state index contributed by atoms with van der Waals surface area (Å²) in [5.41, 5.74) is 0.464. The number of piperidine rings is 1. The molecule has 1 amide bonds. The summed E-state index contributed by atoms with van der Waals surface area (Å²) < 4.78 is 10.3. The van der Waals surface area contributed by atoms with Gasteiger partial charge in [0.05, 0.1) is 20.3 Å². The summed E-state index contributed by atoms with van der Waals surface area (Å²) in [5, 5.41) is 9.40. The minimum Gasteiger partial charge on any atom is -0.481 e. The molecule has 0 radical (unpaired) electrons. The van der Waals surface area contributed by atoms with E-state index >= 15 is 0 Å². The lowest BCUT2D eigenvalue weighted by Crippen LogP contribution is -2.58. The first kappa shape index (κ1) is 16.0. The number of aromatic nitrogens is 1. The van der Waals surface area contributed by atoms with Gasteiger partial charge in [0.2, 0.25) is 11.8 Å². The van der Waals surface area contributed by atoms with Gasteiger partial charge in [-0.3, -0.25) is 9.69 Å². The zero-order chi connectivity index (χ0) is 16.4. The van der Waals surface area contributed by atoms with Gasteiger partial charge in [0, 0.05) is 38.3 Å². The molecule has 3 rings (SSSR count). The van der Waals surface area contributed by atoms with Crippen molar-refractivity contribution in [3.8, 4) is 11.8 Å². The maximum Gasteiger partial charge on any atom is 0.259 e. The number of ether oxygens (including phenoxy) is 2. The van der Waals surface area contributed by atoms with E-state index in [1.165, 1.54) is 14.2 Å². The molecule has 2 aliphatic heterocycles. The van der Waals surface area contributed by atoms with Crippen molar-refractivity contribution in [2.45, 2.75) is 25.0 Å². The molecule has 2 fully saturated rings. The molecule has 0 atom stereocenters. The molecular weight excluding hydrogens is 298 g/mol. The molecule has 0 aliphatic carbocycles. The Morgan fingerprint density at radius 3 is 2.48 bits per heavy atom. The number of carbonyl (C=O) groups excluding carboxylic acids is 1. The molecule has 0 unspecified atom stereocenters. The summed E-state index contributed by atoms with van der Waals surface area (Å²) in [7, 11) is 3.03. The monoisotopic (exact) mass is 321 g/mol. The van der Waals surface area contributed by atoms with E-state index in [2.05, 4.69) is 9.88 Å². The van der Waals surface area contributed by atoms with Crippen molar-refractivity contribution < 1.29 is 19.4 Å². The van der Waals surface area contributed by atoms with Crippen LogP contribution in [0.15, 0.2) is 12.1 Å². The Balaban J connectivity index is 1.63. The SMILES string of the molecule is COc1ccc(C(=O)N2CCC(N3CC(O)C3)CC2)c(OC)n1. The van der Waals surface area contributed by atoms with E-state index in [4.69, 9.17) is 9.47 Å². The normalized spacial score (nSPS) is 20.2. The van der Waals surface area contributed by atoms with Gasteiger partial charge in [0.1, 0.15) is 5.56 Å². The Morgan fingerprint density at radius 2 is 1.91 bits per heavy atom. The van der Waals surface area contributed by atoms with Gasteiger partial charge in [-0.1, -0.05) is 0 Å². The van der Waals surface area contributed by atoms with E-state index in [-0.39, 0.29) is 12.0 Å². The van der Waals surface area contributed by atoms with E-state index in [1.54, 1.807) is 12.1 Å². The number of aliphatic hydroxyl groups excluding tert-OH is 1. The van der Waals surface area contributed by atoms with Crippen LogP contribution in [0.1, 0.15) is 23.2 Å². The minimum atomic E-state index is -0.177. The second-order valence-electron chi connectivity index (χ2n) is 6.04. The van der Waals surface area contributed by atoms with Crippen LogP contribution in [0.25, 0.3) is 0 Å². The quantitative estimate of drug-likeness (QED) is 0.864. The largest absolute Gasteiger partial charge is 0.481 e. The highest BCUT2D eigenvalue weighted by Crippen LogP contribution is 2.25. The minimum absolute atomic E-state index is 0.0564. The van der Waals surface area contributed by atoms with E-state index < -0.39 is 0 Å². The Bertz CT molecular complexity index is 566. The molecule has 2 saturated heterocycles. The molecule has 0 aromatic carbocycles. The van der Waals surface area contributed by atoms with Crippen LogP contribution in [0.2, 0.25) is 0 Å². The third-order valence-corrected chi connectivity index (χ3v) is 4.63. The highest BCUT2D eigenvalue weighted by Gasteiger charge is 2.34. The number of carbonyl (C=O) groups is 1. The van der Waals surface area contributed by atoms with Crippen molar-refractivity contribution in [1.29, 1.82) is 0 Å². The van der Waals surface area contributed by atoms with Gasteiger partial charge in [-0.15, -0.1) is 0 Å². The molecule has 1 aromatic heterocycles. The smallest absolute Gasteiger partial charge is 0.259 e. The van der Waals surface area contributed by atoms with Crippen LogP contribution in [-0.2, 0) is 0 Å². The van der Waals surface area contributed by atoms with E-state index in [0.717, 1.165) is 25.9 Å². The topological polar surface area (TPSA) is 75.1 Å². The van der Waals surface area contributed by atoms with Gasteiger partial charge in [-0.05, 0) is 18.9 Å². The number of methoxy groups -OCH3 is 2. The summed E-state index contributed by atoms with van der Waals surface area (Å²) in [4.78, 5) is 21.0.